The molecular weight excluding hydrogens is 384 g/mol. The molecule has 3 unspecified atom stereocenters. The fourth-order valence-corrected chi connectivity index (χ4v) is 3.38. The predicted molar refractivity (Wildman–Crippen MR) is 108 cm³/mol. The molecule has 0 aliphatic carbocycles. The number of carbonyl (C=O) groups is 4. The molecule has 0 radical (unpaired) electrons. The van der Waals surface area contributed by atoms with E-state index in [1.807, 2.05) is 13.8 Å². The molecule has 162 valence electrons. The molecule has 0 saturated heterocycles. The number of hydrogen-bond acceptors (Lipinski definition) is 8. The van der Waals surface area contributed by atoms with Crippen LogP contribution in [0, 0.1) is 16.7 Å². The Balaban J connectivity index is 4.34. The Morgan fingerprint density at radius 1 is 1.14 bits per heavy atom. The van der Waals surface area contributed by atoms with Crippen LogP contribution in [0.1, 0.15) is 54.4 Å². The number of Topliss-reactive ketones (excluding diaryl/α,β-unsaturated/α-hetero) is 1. The van der Waals surface area contributed by atoms with Crippen molar-refractivity contribution in [1.29, 1.82) is 0 Å². The largest absolute Gasteiger partial charge is 0.462 e. The van der Waals surface area contributed by atoms with Gasteiger partial charge in [0.1, 0.15) is 31.4 Å². The average molecular weight is 419 g/mol. The fraction of sp³-hybridized carbons (Fsp3) is 0.800. The summed E-state index contributed by atoms with van der Waals surface area (Å²) < 4.78 is 10.1. The first-order chi connectivity index (χ1) is 12.9. The first kappa shape index (κ1) is 26.6. The highest BCUT2D eigenvalue weighted by atomic mass is 32.2. The summed E-state index contributed by atoms with van der Waals surface area (Å²) in [4.78, 5) is 46.3. The molecule has 0 aliphatic rings. The summed E-state index contributed by atoms with van der Waals surface area (Å²) in [7, 11) is 0. The van der Waals surface area contributed by atoms with Gasteiger partial charge >= 0.3 is 11.9 Å². The van der Waals surface area contributed by atoms with Gasteiger partial charge in [-0.2, -0.15) is 0 Å². The Morgan fingerprint density at radius 3 is 2.21 bits per heavy atom. The van der Waals surface area contributed by atoms with E-state index in [4.69, 9.17) is 9.47 Å². The van der Waals surface area contributed by atoms with Crippen molar-refractivity contribution in [3.63, 3.8) is 0 Å². The summed E-state index contributed by atoms with van der Waals surface area (Å²) in [5.41, 5.74) is -1.51. The van der Waals surface area contributed by atoms with Crippen molar-refractivity contribution in [3.8, 4) is 0 Å². The minimum absolute atomic E-state index is 0.0169. The van der Waals surface area contributed by atoms with Crippen LogP contribution in [0.5, 0.6) is 0 Å². The number of aliphatic hydroxyl groups is 1. The van der Waals surface area contributed by atoms with Crippen LogP contribution in [0.15, 0.2) is 0 Å². The lowest BCUT2D eigenvalue weighted by Gasteiger charge is -2.33. The van der Waals surface area contributed by atoms with Crippen LogP contribution in [0.3, 0.4) is 0 Å². The molecule has 0 aromatic rings. The SMILES string of the molecule is CCC(C)(CC(C)(C)C(=O)OCC(O)COC(=O)CSCC(C)C=O)C(C)=O. The monoisotopic (exact) mass is 418 g/mol. The zero-order valence-corrected chi connectivity index (χ0v) is 18.6. The number of esters is 2. The lowest BCUT2D eigenvalue weighted by molar-refractivity contribution is -0.161. The lowest BCUT2D eigenvalue weighted by atomic mass is 9.70. The van der Waals surface area contributed by atoms with Crippen molar-refractivity contribution >= 4 is 35.8 Å². The van der Waals surface area contributed by atoms with E-state index >= 15 is 0 Å². The van der Waals surface area contributed by atoms with E-state index < -0.39 is 28.9 Å². The number of rotatable bonds is 14. The summed E-state index contributed by atoms with van der Waals surface area (Å²) in [6.07, 6.45) is 0.637. The molecule has 0 heterocycles. The molecule has 0 fully saturated rings. The molecule has 3 atom stereocenters. The molecule has 0 saturated carbocycles. The van der Waals surface area contributed by atoms with E-state index in [1.54, 1.807) is 20.8 Å². The summed E-state index contributed by atoms with van der Waals surface area (Å²) in [5, 5.41) is 9.87. The maximum atomic E-state index is 12.4. The zero-order valence-electron chi connectivity index (χ0n) is 17.8. The van der Waals surface area contributed by atoms with Crippen LogP contribution in [0.25, 0.3) is 0 Å². The Morgan fingerprint density at radius 2 is 1.71 bits per heavy atom. The van der Waals surface area contributed by atoms with Gasteiger partial charge in [0.15, 0.2) is 0 Å². The van der Waals surface area contributed by atoms with E-state index in [2.05, 4.69) is 0 Å². The molecule has 0 aromatic carbocycles. The van der Waals surface area contributed by atoms with Crippen molar-refractivity contribution in [1.82, 2.24) is 0 Å². The maximum absolute atomic E-state index is 12.4. The summed E-state index contributed by atoms with van der Waals surface area (Å²) >= 11 is 1.28. The lowest BCUT2D eigenvalue weighted by Crippen LogP contribution is -2.38. The smallest absolute Gasteiger partial charge is 0.315 e. The maximum Gasteiger partial charge on any atom is 0.315 e. The first-order valence-corrected chi connectivity index (χ1v) is 10.6. The number of thioether (sulfide) groups is 1. The van der Waals surface area contributed by atoms with Gasteiger partial charge in [-0.1, -0.05) is 20.8 Å². The Labute approximate surface area is 171 Å². The van der Waals surface area contributed by atoms with E-state index in [0.29, 0.717) is 18.6 Å². The Bertz CT molecular complexity index is 547. The topological polar surface area (TPSA) is 107 Å². The predicted octanol–water partition coefficient (Wildman–Crippen LogP) is 2.42. The highest BCUT2D eigenvalue weighted by Gasteiger charge is 2.40. The highest BCUT2D eigenvalue weighted by molar-refractivity contribution is 7.99. The molecule has 0 spiro atoms. The molecule has 28 heavy (non-hydrogen) atoms. The molecule has 0 amide bonds. The Hall–Kier alpha value is -1.41. The van der Waals surface area contributed by atoms with Crippen molar-refractivity contribution in [2.45, 2.75) is 60.5 Å². The molecule has 0 aromatic heterocycles. The minimum atomic E-state index is -1.13. The molecule has 1 N–H and O–H groups in total. The number of aliphatic hydroxyl groups excluding tert-OH is 1. The van der Waals surface area contributed by atoms with Crippen molar-refractivity contribution in [3.05, 3.63) is 0 Å². The molecule has 0 aliphatic heterocycles. The van der Waals surface area contributed by atoms with Gasteiger partial charge in [0, 0.05) is 17.1 Å². The van der Waals surface area contributed by atoms with Crippen molar-refractivity contribution in [2.75, 3.05) is 24.7 Å². The molecule has 0 rings (SSSR count). The van der Waals surface area contributed by atoms with Gasteiger partial charge < -0.3 is 19.4 Å². The summed E-state index contributed by atoms with van der Waals surface area (Å²) in [5.74, 6) is -0.540. The minimum Gasteiger partial charge on any atom is -0.462 e. The quantitative estimate of drug-likeness (QED) is 0.339. The zero-order chi connectivity index (χ0) is 22.0. The van der Waals surface area contributed by atoms with Crippen molar-refractivity contribution in [2.24, 2.45) is 16.7 Å². The van der Waals surface area contributed by atoms with Gasteiger partial charge in [0.25, 0.3) is 0 Å². The van der Waals surface area contributed by atoms with Crippen LogP contribution >= 0.6 is 11.8 Å². The van der Waals surface area contributed by atoms with Crippen LogP contribution in [0.4, 0.5) is 0 Å². The third kappa shape index (κ3) is 9.68. The van der Waals surface area contributed by atoms with Crippen LogP contribution in [0.2, 0.25) is 0 Å². The first-order valence-electron chi connectivity index (χ1n) is 9.43. The molecular formula is C20H34O7S. The normalized spacial score (nSPS) is 15.8. The van der Waals surface area contributed by atoms with Crippen LogP contribution in [-0.2, 0) is 28.7 Å². The van der Waals surface area contributed by atoms with E-state index in [0.717, 1.165) is 6.29 Å². The summed E-state index contributed by atoms with van der Waals surface area (Å²) in [6.45, 7) is 9.83. The van der Waals surface area contributed by atoms with Crippen LogP contribution < -0.4 is 0 Å². The van der Waals surface area contributed by atoms with Gasteiger partial charge in [0.05, 0.1) is 11.2 Å². The van der Waals surface area contributed by atoms with E-state index in [1.165, 1.54) is 18.7 Å². The number of ether oxygens (including phenoxy) is 2. The molecule has 8 heteroatoms. The molecule has 0 bridgehead atoms. The number of hydrogen-bond donors (Lipinski definition) is 1. The van der Waals surface area contributed by atoms with Gasteiger partial charge in [-0.3, -0.25) is 14.4 Å². The third-order valence-electron chi connectivity index (χ3n) is 4.69. The second-order valence-electron chi connectivity index (χ2n) is 8.09. The average Bonchev–Trinajstić information content (AvgIpc) is 2.63. The fourth-order valence-electron chi connectivity index (χ4n) is 2.56. The van der Waals surface area contributed by atoms with Crippen molar-refractivity contribution < 1.29 is 33.8 Å². The number of ketones is 1. The van der Waals surface area contributed by atoms with Gasteiger partial charge in [0.2, 0.25) is 0 Å². The van der Waals surface area contributed by atoms with Gasteiger partial charge in [-0.05, 0) is 33.6 Å². The van der Waals surface area contributed by atoms with E-state index in [-0.39, 0.29) is 30.7 Å². The van der Waals surface area contributed by atoms with Gasteiger partial charge in [-0.15, -0.1) is 11.8 Å². The Kier molecular flexibility index (Phi) is 11.6. The molecule has 7 nitrogen and oxygen atoms in total. The number of carbonyl (C=O) groups excluding carboxylic acids is 4. The number of aldehydes is 1. The summed E-state index contributed by atoms with van der Waals surface area (Å²) in [6, 6.07) is 0. The van der Waals surface area contributed by atoms with E-state index in [9.17, 15) is 24.3 Å². The van der Waals surface area contributed by atoms with Gasteiger partial charge in [-0.25, -0.2) is 0 Å². The highest BCUT2D eigenvalue weighted by Crippen LogP contribution is 2.38. The van der Waals surface area contributed by atoms with Crippen LogP contribution in [-0.4, -0.2) is 59.9 Å². The standard InChI is InChI=1S/C20H34O7S/c1-7-20(6,15(3)22)13-19(4,5)18(25)27-10-16(23)9-26-17(24)12-28-11-14(2)8-21/h8,14,16,23H,7,9-13H2,1-6H3. The third-order valence-corrected chi connectivity index (χ3v) is 5.89. The second-order valence-corrected chi connectivity index (χ2v) is 9.13. The second kappa shape index (κ2) is 12.2.